The molecule has 1 unspecified atom stereocenters. The molecule has 198 valence electrons. The minimum Gasteiger partial charge on any atom is -0.477 e. The summed E-state index contributed by atoms with van der Waals surface area (Å²) in [7, 11) is 0. The molecule has 0 spiro atoms. The Labute approximate surface area is 233 Å². The van der Waals surface area contributed by atoms with Crippen molar-refractivity contribution >= 4 is 87.2 Å². The number of hydrogen-bond donors (Lipinski definition) is 3. The van der Waals surface area contributed by atoms with Crippen molar-refractivity contribution in [3.05, 3.63) is 27.9 Å². The fraction of sp³-hybridized carbons (Fsp3) is 0.450. The van der Waals surface area contributed by atoms with Crippen molar-refractivity contribution in [2.45, 2.75) is 47.5 Å². The molecule has 1 saturated heterocycles. The summed E-state index contributed by atoms with van der Waals surface area (Å²) in [6.07, 6.45) is 3.72. The largest absolute Gasteiger partial charge is 0.477 e. The summed E-state index contributed by atoms with van der Waals surface area (Å²) in [6, 6.07) is -0.901. The van der Waals surface area contributed by atoms with Crippen LogP contribution in [0.1, 0.15) is 31.4 Å². The molecule has 0 radical (unpaired) electrons. The van der Waals surface area contributed by atoms with Gasteiger partial charge in [-0.15, -0.1) is 45.7 Å². The Morgan fingerprint density at radius 2 is 2.11 bits per heavy atom. The summed E-state index contributed by atoms with van der Waals surface area (Å²) in [4.78, 5) is 49.2. The van der Waals surface area contributed by atoms with E-state index < -0.39 is 29.2 Å². The predicted octanol–water partition coefficient (Wildman–Crippen LogP) is 2.19. The third-order valence-corrected chi connectivity index (χ3v) is 9.78. The molecule has 2 aromatic heterocycles. The highest BCUT2D eigenvalue weighted by Gasteiger charge is 2.54. The number of carbonyl (C=O) groups excluding carboxylic acids is 2. The second kappa shape index (κ2) is 12.0. The highest BCUT2D eigenvalue weighted by atomic mass is 35.5. The fourth-order valence-corrected chi connectivity index (χ4v) is 7.62. The number of fused-ring (bicyclic) bond motifs is 1. The van der Waals surface area contributed by atoms with Gasteiger partial charge in [0, 0.05) is 16.9 Å². The van der Waals surface area contributed by atoms with E-state index in [1.807, 2.05) is 0 Å². The number of carbonyl (C=O) groups is 3. The first-order valence-corrected chi connectivity index (χ1v) is 14.8. The summed E-state index contributed by atoms with van der Waals surface area (Å²) in [5.74, 6) is -1.53. The number of β-lactam (4-membered cyclic amide) rings is 1. The highest BCUT2D eigenvalue weighted by Crippen LogP contribution is 2.41. The van der Waals surface area contributed by atoms with Gasteiger partial charge < -0.3 is 21.0 Å². The Kier molecular flexibility index (Phi) is 8.94. The van der Waals surface area contributed by atoms with E-state index in [1.165, 1.54) is 39.8 Å². The number of nitrogens with zero attached hydrogens (tertiary/aromatic N) is 5. The summed E-state index contributed by atoms with van der Waals surface area (Å²) in [6.45, 7) is 0. The smallest absolute Gasteiger partial charge is 0.352 e. The van der Waals surface area contributed by atoms with Crippen molar-refractivity contribution in [2.24, 2.45) is 5.16 Å². The standard InChI is InChI=1S/C20H21N7O5S4.ClH/c21-19-23-11(7-34-19)12(26-32-10-3-1-2-4-10)15(28)24-13-16(29)27-14(18(30)31)9(5-33-17(13)27)6-35-20-25-22-8-36-20;/h7-8,10,13,17H,1-6H2,(H2,21,23)(H,24,28)(H,30,31);1H/b26-12-;/t13?,17-;/m1./s1. The van der Waals surface area contributed by atoms with Crippen molar-refractivity contribution in [2.75, 3.05) is 17.2 Å². The van der Waals surface area contributed by atoms with E-state index in [1.54, 1.807) is 10.9 Å². The number of hydrogen-bond acceptors (Lipinski definition) is 13. The number of carboxylic acid groups (broad SMARTS) is 1. The maximum atomic E-state index is 13.2. The summed E-state index contributed by atoms with van der Waals surface area (Å²) < 4.78 is 0.716. The lowest BCUT2D eigenvalue weighted by atomic mass is 10.0. The van der Waals surface area contributed by atoms with Crippen molar-refractivity contribution < 1.29 is 24.3 Å². The number of nitrogens with two attached hydrogens (primary N) is 1. The average molecular weight is 604 g/mol. The number of anilines is 1. The minimum atomic E-state index is -1.18. The molecular weight excluding hydrogens is 582 g/mol. The zero-order valence-electron chi connectivity index (χ0n) is 19.1. The van der Waals surface area contributed by atoms with E-state index >= 15 is 0 Å². The van der Waals surface area contributed by atoms with Gasteiger partial charge in [-0.2, -0.15) is 0 Å². The molecule has 17 heteroatoms. The zero-order chi connectivity index (χ0) is 25.2. The van der Waals surface area contributed by atoms with Crippen LogP contribution in [0.5, 0.6) is 0 Å². The molecule has 1 saturated carbocycles. The minimum absolute atomic E-state index is 0. The molecule has 37 heavy (non-hydrogen) atoms. The van der Waals surface area contributed by atoms with E-state index in [0.29, 0.717) is 21.4 Å². The maximum Gasteiger partial charge on any atom is 0.352 e. The van der Waals surface area contributed by atoms with Crippen LogP contribution < -0.4 is 11.1 Å². The summed E-state index contributed by atoms with van der Waals surface area (Å²) >= 11 is 5.29. The molecule has 0 bridgehead atoms. The molecule has 2 aliphatic heterocycles. The van der Waals surface area contributed by atoms with Gasteiger partial charge in [-0.25, -0.2) is 9.78 Å². The molecule has 4 N–H and O–H groups in total. The first-order valence-electron chi connectivity index (χ1n) is 11.0. The van der Waals surface area contributed by atoms with Crippen LogP contribution in [0.4, 0.5) is 5.13 Å². The van der Waals surface area contributed by atoms with Crippen LogP contribution in [0, 0.1) is 0 Å². The number of nitrogens with one attached hydrogen (secondary N) is 1. The number of rotatable bonds is 9. The van der Waals surface area contributed by atoms with Gasteiger partial charge in [0.25, 0.3) is 11.8 Å². The van der Waals surface area contributed by atoms with Crippen molar-refractivity contribution in [1.29, 1.82) is 0 Å². The summed E-state index contributed by atoms with van der Waals surface area (Å²) in [5.41, 5.74) is 8.11. The third kappa shape index (κ3) is 5.87. The molecule has 2 fully saturated rings. The van der Waals surface area contributed by atoms with Gasteiger partial charge in [0.15, 0.2) is 15.2 Å². The van der Waals surface area contributed by atoms with Crippen LogP contribution in [0.25, 0.3) is 0 Å². The van der Waals surface area contributed by atoms with Crippen LogP contribution in [0.15, 0.2) is 31.7 Å². The normalized spacial score (nSPS) is 21.8. The molecule has 2 amide bonds. The van der Waals surface area contributed by atoms with Crippen molar-refractivity contribution in [3.8, 4) is 0 Å². The average Bonchev–Trinajstić information content (AvgIpc) is 3.64. The number of halogens is 1. The second-order valence-corrected chi connectivity index (χ2v) is 12.2. The van der Waals surface area contributed by atoms with Crippen LogP contribution in [0.2, 0.25) is 0 Å². The van der Waals surface area contributed by atoms with Crippen LogP contribution in [0.3, 0.4) is 0 Å². The number of thiazole rings is 1. The van der Waals surface area contributed by atoms with Crippen LogP contribution >= 0.6 is 58.6 Å². The molecule has 5 rings (SSSR count). The zero-order valence-corrected chi connectivity index (χ0v) is 23.1. The number of nitrogen functional groups attached to an aromatic ring is 1. The van der Waals surface area contributed by atoms with E-state index in [9.17, 15) is 19.5 Å². The van der Waals surface area contributed by atoms with Crippen molar-refractivity contribution in [3.63, 3.8) is 0 Å². The summed E-state index contributed by atoms with van der Waals surface area (Å²) in [5, 5.41) is 25.7. The monoisotopic (exact) mass is 603 g/mol. The lowest BCUT2D eigenvalue weighted by Gasteiger charge is -2.49. The lowest BCUT2D eigenvalue weighted by molar-refractivity contribution is -0.150. The van der Waals surface area contributed by atoms with Gasteiger partial charge in [-0.1, -0.05) is 28.3 Å². The molecule has 2 atom stereocenters. The quantitative estimate of drug-likeness (QED) is 0.166. The Bertz CT molecular complexity index is 1230. The molecule has 12 nitrogen and oxygen atoms in total. The topological polar surface area (TPSA) is 173 Å². The number of oxime groups is 1. The Morgan fingerprint density at radius 3 is 2.76 bits per heavy atom. The highest BCUT2D eigenvalue weighted by molar-refractivity contribution is 8.01. The number of thioether (sulfide) groups is 2. The van der Waals surface area contributed by atoms with Gasteiger partial charge in [0.2, 0.25) is 0 Å². The molecule has 0 aromatic carbocycles. The number of aliphatic carboxylic acids is 1. The van der Waals surface area contributed by atoms with E-state index in [-0.39, 0.29) is 40.7 Å². The Balaban J connectivity index is 0.00000320. The maximum absolute atomic E-state index is 13.2. The SMILES string of the molecule is Cl.Nc1nc(/C(=N/OC2CCCC2)C(=O)NC2C(=O)N3C(C(=O)O)=C(CSc4nncs4)CS[C@H]23)cs1. The van der Waals surface area contributed by atoms with E-state index in [4.69, 9.17) is 10.6 Å². The van der Waals surface area contributed by atoms with Gasteiger partial charge >= 0.3 is 5.97 Å². The molecule has 3 aliphatic rings. The predicted molar refractivity (Wildman–Crippen MR) is 144 cm³/mol. The first kappa shape index (κ1) is 27.6. The molecule has 1 aliphatic carbocycles. The van der Waals surface area contributed by atoms with E-state index in [2.05, 4.69) is 25.7 Å². The van der Waals surface area contributed by atoms with Crippen LogP contribution in [-0.2, 0) is 19.2 Å². The Hall–Kier alpha value is -2.40. The van der Waals surface area contributed by atoms with Crippen LogP contribution in [-0.4, -0.2) is 77.7 Å². The lowest BCUT2D eigenvalue weighted by Crippen LogP contribution is -2.71. The van der Waals surface area contributed by atoms with Crippen molar-refractivity contribution in [1.82, 2.24) is 25.4 Å². The first-order chi connectivity index (χ1) is 17.4. The van der Waals surface area contributed by atoms with Gasteiger partial charge in [0.05, 0.1) is 0 Å². The molecular formula is C20H22ClN7O5S4. The molecule has 2 aromatic rings. The fourth-order valence-electron chi connectivity index (χ4n) is 4.10. The second-order valence-electron chi connectivity index (χ2n) is 8.13. The van der Waals surface area contributed by atoms with Gasteiger partial charge in [-0.05, 0) is 31.3 Å². The Morgan fingerprint density at radius 1 is 1.32 bits per heavy atom. The van der Waals surface area contributed by atoms with E-state index in [0.717, 1.165) is 37.0 Å². The number of amides is 2. The van der Waals surface area contributed by atoms with Gasteiger partial charge in [-0.3, -0.25) is 14.5 Å². The number of carboxylic acids is 1. The van der Waals surface area contributed by atoms with Gasteiger partial charge in [0.1, 0.15) is 34.4 Å². The molecule has 4 heterocycles. The number of aromatic nitrogens is 3. The third-order valence-electron chi connectivity index (χ3n) is 5.82.